The Balaban J connectivity index is 2.14. The Kier molecular flexibility index (Phi) is 4.42. The quantitative estimate of drug-likeness (QED) is 0.602. The van der Waals surface area contributed by atoms with Gasteiger partial charge in [0, 0.05) is 21.8 Å². The number of benzene rings is 2. The van der Waals surface area contributed by atoms with E-state index in [2.05, 4.69) is 0 Å². The maximum atomic E-state index is 10.9. The zero-order valence-corrected chi connectivity index (χ0v) is 10.9. The van der Waals surface area contributed by atoms with Gasteiger partial charge in [-0.15, -0.1) is 11.8 Å². The lowest BCUT2D eigenvalue weighted by atomic mass is 10.2. The molecule has 2 aromatic carbocycles. The zero-order chi connectivity index (χ0) is 12.8. The van der Waals surface area contributed by atoms with Gasteiger partial charge in [0.2, 0.25) is 0 Å². The number of aldehydes is 1. The first-order chi connectivity index (χ1) is 8.85. The van der Waals surface area contributed by atoms with Gasteiger partial charge in [0.05, 0.1) is 7.11 Å². The van der Waals surface area contributed by atoms with Gasteiger partial charge in [-0.25, -0.2) is 0 Å². The van der Waals surface area contributed by atoms with Gasteiger partial charge in [-0.2, -0.15) is 0 Å². The summed E-state index contributed by atoms with van der Waals surface area (Å²) in [6.07, 6.45) is 0.893. The highest BCUT2D eigenvalue weighted by Crippen LogP contribution is 2.29. The van der Waals surface area contributed by atoms with E-state index in [0.29, 0.717) is 0 Å². The molecule has 0 aliphatic rings. The van der Waals surface area contributed by atoms with Crippen molar-refractivity contribution in [1.82, 2.24) is 0 Å². The molecule has 0 saturated heterocycles. The summed E-state index contributed by atoms with van der Waals surface area (Å²) in [5, 5.41) is 0. The van der Waals surface area contributed by atoms with Crippen molar-refractivity contribution < 1.29 is 9.53 Å². The summed E-state index contributed by atoms with van der Waals surface area (Å²) in [5.74, 6) is 1.67. The van der Waals surface area contributed by atoms with E-state index in [-0.39, 0.29) is 0 Å². The van der Waals surface area contributed by atoms with Gasteiger partial charge in [0.1, 0.15) is 5.75 Å². The average molecular weight is 258 g/mol. The topological polar surface area (TPSA) is 26.3 Å². The van der Waals surface area contributed by atoms with E-state index in [9.17, 15) is 4.79 Å². The Morgan fingerprint density at radius 1 is 1.11 bits per heavy atom. The van der Waals surface area contributed by atoms with E-state index >= 15 is 0 Å². The zero-order valence-electron chi connectivity index (χ0n) is 10.1. The standard InChI is InChI=1S/C15H14O2S/c1-17-14-8-4-2-7-13(14)11-18-15-9-5-3-6-12(15)10-16/h2-10H,11H2,1H3. The number of carbonyl (C=O) groups is 1. The van der Waals surface area contributed by atoms with Crippen molar-refractivity contribution >= 4 is 18.0 Å². The summed E-state index contributed by atoms with van der Waals surface area (Å²) in [7, 11) is 1.67. The van der Waals surface area contributed by atoms with Crippen molar-refractivity contribution in [3.63, 3.8) is 0 Å². The molecule has 3 heteroatoms. The Labute approximate surface area is 111 Å². The Morgan fingerprint density at radius 3 is 2.61 bits per heavy atom. The molecule has 0 amide bonds. The first kappa shape index (κ1) is 12.7. The Hall–Kier alpha value is -1.74. The van der Waals surface area contributed by atoms with E-state index in [1.165, 1.54) is 0 Å². The fraction of sp³-hybridized carbons (Fsp3) is 0.133. The van der Waals surface area contributed by atoms with Crippen LogP contribution in [0.3, 0.4) is 0 Å². The Bertz CT molecular complexity index is 538. The molecule has 0 atom stereocenters. The molecule has 0 aromatic heterocycles. The molecule has 0 saturated carbocycles. The van der Waals surface area contributed by atoms with Gasteiger partial charge in [0.25, 0.3) is 0 Å². The lowest BCUT2D eigenvalue weighted by Gasteiger charge is -2.08. The molecule has 0 spiro atoms. The SMILES string of the molecule is COc1ccccc1CSc1ccccc1C=O. The second-order valence-corrected chi connectivity index (χ2v) is 4.77. The van der Waals surface area contributed by atoms with Crippen LogP contribution in [0.1, 0.15) is 15.9 Å². The monoisotopic (exact) mass is 258 g/mol. The number of hydrogen-bond acceptors (Lipinski definition) is 3. The highest BCUT2D eigenvalue weighted by Gasteiger charge is 2.05. The van der Waals surface area contributed by atoms with Crippen LogP contribution in [0.25, 0.3) is 0 Å². The van der Waals surface area contributed by atoms with Crippen molar-refractivity contribution in [1.29, 1.82) is 0 Å². The first-order valence-electron chi connectivity index (χ1n) is 5.64. The van der Waals surface area contributed by atoms with Gasteiger partial charge in [-0.3, -0.25) is 4.79 Å². The van der Waals surface area contributed by atoms with Crippen LogP contribution in [0.5, 0.6) is 5.75 Å². The Morgan fingerprint density at radius 2 is 1.83 bits per heavy atom. The number of para-hydroxylation sites is 1. The molecule has 2 aromatic rings. The van der Waals surface area contributed by atoms with Crippen LogP contribution in [-0.2, 0) is 5.75 Å². The molecule has 0 unspecified atom stereocenters. The molecule has 92 valence electrons. The number of carbonyl (C=O) groups excluding carboxylic acids is 1. The second kappa shape index (κ2) is 6.26. The predicted molar refractivity (Wildman–Crippen MR) is 74.4 cm³/mol. The molecule has 0 radical (unpaired) electrons. The van der Waals surface area contributed by atoms with Crippen molar-refractivity contribution in [3.05, 3.63) is 59.7 Å². The summed E-state index contributed by atoms with van der Waals surface area (Å²) in [5.41, 5.74) is 1.86. The van der Waals surface area contributed by atoms with Gasteiger partial charge >= 0.3 is 0 Å². The highest BCUT2D eigenvalue weighted by atomic mass is 32.2. The molecular formula is C15H14O2S. The summed E-state index contributed by atoms with van der Waals surface area (Å²) in [6.45, 7) is 0. The predicted octanol–water partition coefficient (Wildman–Crippen LogP) is 3.80. The van der Waals surface area contributed by atoms with Crippen LogP contribution in [-0.4, -0.2) is 13.4 Å². The summed E-state index contributed by atoms with van der Waals surface area (Å²) in [6, 6.07) is 15.5. The number of hydrogen-bond donors (Lipinski definition) is 0. The van der Waals surface area contributed by atoms with E-state index < -0.39 is 0 Å². The van der Waals surface area contributed by atoms with Crippen molar-refractivity contribution in [2.24, 2.45) is 0 Å². The fourth-order valence-corrected chi connectivity index (χ4v) is 2.69. The maximum Gasteiger partial charge on any atom is 0.151 e. The summed E-state index contributed by atoms with van der Waals surface area (Å²) in [4.78, 5) is 11.9. The third-order valence-corrected chi connectivity index (χ3v) is 3.76. The lowest BCUT2D eigenvalue weighted by Crippen LogP contribution is -1.90. The van der Waals surface area contributed by atoms with Crippen molar-refractivity contribution in [2.75, 3.05) is 7.11 Å². The third kappa shape index (κ3) is 2.93. The van der Waals surface area contributed by atoms with Crippen LogP contribution in [0.15, 0.2) is 53.4 Å². The molecule has 2 rings (SSSR count). The molecule has 0 aliphatic heterocycles. The van der Waals surface area contributed by atoms with Crippen molar-refractivity contribution in [2.45, 2.75) is 10.6 Å². The largest absolute Gasteiger partial charge is 0.496 e. The number of thioether (sulfide) groups is 1. The van der Waals surface area contributed by atoms with Crippen LogP contribution in [0.4, 0.5) is 0 Å². The molecule has 0 bridgehead atoms. The van der Waals surface area contributed by atoms with E-state index in [1.54, 1.807) is 18.9 Å². The number of methoxy groups -OCH3 is 1. The minimum atomic E-state index is 0.734. The second-order valence-electron chi connectivity index (χ2n) is 3.76. The van der Waals surface area contributed by atoms with Gasteiger partial charge in [0.15, 0.2) is 6.29 Å². The highest BCUT2D eigenvalue weighted by molar-refractivity contribution is 7.98. The van der Waals surface area contributed by atoms with Crippen LogP contribution in [0.2, 0.25) is 0 Å². The minimum Gasteiger partial charge on any atom is -0.496 e. The van der Waals surface area contributed by atoms with E-state index in [1.807, 2.05) is 48.5 Å². The summed E-state index contributed by atoms with van der Waals surface area (Å²) >= 11 is 1.64. The maximum absolute atomic E-state index is 10.9. The van der Waals surface area contributed by atoms with Crippen LogP contribution < -0.4 is 4.74 Å². The molecule has 2 nitrogen and oxygen atoms in total. The number of rotatable bonds is 5. The van der Waals surface area contributed by atoms with Gasteiger partial charge in [-0.1, -0.05) is 36.4 Å². The van der Waals surface area contributed by atoms with E-state index in [4.69, 9.17) is 4.74 Å². The molecule has 18 heavy (non-hydrogen) atoms. The van der Waals surface area contributed by atoms with Crippen LogP contribution >= 0.6 is 11.8 Å². The molecule has 0 heterocycles. The van der Waals surface area contributed by atoms with E-state index in [0.717, 1.165) is 33.8 Å². The number of ether oxygens (including phenoxy) is 1. The smallest absolute Gasteiger partial charge is 0.151 e. The van der Waals surface area contributed by atoms with Crippen LogP contribution in [0, 0.1) is 0 Å². The molecular weight excluding hydrogens is 244 g/mol. The molecule has 0 aliphatic carbocycles. The fourth-order valence-electron chi connectivity index (χ4n) is 1.69. The normalized spacial score (nSPS) is 10.1. The van der Waals surface area contributed by atoms with Gasteiger partial charge < -0.3 is 4.74 Å². The summed E-state index contributed by atoms with van der Waals surface area (Å²) < 4.78 is 5.31. The van der Waals surface area contributed by atoms with Gasteiger partial charge in [-0.05, 0) is 12.1 Å². The minimum absolute atomic E-state index is 0.734. The average Bonchev–Trinajstić information content (AvgIpc) is 2.45. The lowest BCUT2D eigenvalue weighted by molar-refractivity contribution is 0.112. The third-order valence-electron chi connectivity index (χ3n) is 2.62. The molecule has 0 N–H and O–H groups in total. The molecule has 0 fully saturated rings. The first-order valence-corrected chi connectivity index (χ1v) is 6.62. The van der Waals surface area contributed by atoms with Crippen molar-refractivity contribution in [3.8, 4) is 5.75 Å².